The topological polar surface area (TPSA) is 207 Å². The predicted octanol–water partition coefficient (Wildman–Crippen LogP) is -4.25. The molecule has 7 N–H and O–H groups in total. The summed E-state index contributed by atoms with van der Waals surface area (Å²) in [6.45, 7) is -0.968. The summed E-state index contributed by atoms with van der Waals surface area (Å²) in [6.07, 6.45) is -8.37. The Morgan fingerprint density at radius 3 is 2.40 bits per heavy atom. The minimum Gasteiger partial charge on any atom is -0.394 e. The molecule has 13 nitrogen and oxygen atoms in total. The maximum Gasteiger partial charge on any atom is 0.421 e. The molecule has 0 saturated carbocycles. The van der Waals surface area contributed by atoms with Crippen LogP contribution in [0.2, 0.25) is 0 Å². The molecule has 0 unspecified atom stereocenters. The SMILES string of the molecule is NC(=O)OS(=O)(=O)NCCOCCO[C@@H]1O[C@H](CO)[C@@H](O)[C@H](O)[C@H]1O. The van der Waals surface area contributed by atoms with Gasteiger partial charge in [0.05, 0.1) is 26.4 Å². The molecule has 0 aromatic rings. The van der Waals surface area contributed by atoms with Crippen LogP contribution in [0.4, 0.5) is 4.79 Å². The lowest BCUT2D eigenvalue weighted by Crippen LogP contribution is -2.59. The van der Waals surface area contributed by atoms with Crippen molar-refractivity contribution < 1.29 is 52.0 Å². The van der Waals surface area contributed by atoms with Gasteiger partial charge in [-0.3, -0.25) is 0 Å². The maximum atomic E-state index is 11.1. The number of carbonyl (C=O) groups excluding carboxylic acids is 1. The highest BCUT2D eigenvalue weighted by molar-refractivity contribution is 7.85. The zero-order valence-corrected chi connectivity index (χ0v) is 13.9. The minimum atomic E-state index is -4.28. The van der Waals surface area contributed by atoms with Crippen LogP contribution in [0.5, 0.6) is 0 Å². The summed E-state index contributed by atoms with van der Waals surface area (Å²) < 4.78 is 43.1. The molecular weight excluding hydrogens is 368 g/mol. The molecule has 5 atom stereocenters. The Labute approximate surface area is 143 Å². The fourth-order valence-electron chi connectivity index (χ4n) is 1.91. The highest BCUT2D eigenvalue weighted by atomic mass is 32.2. The lowest BCUT2D eigenvalue weighted by atomic mass is 9.99. The molecule has 14 heteroatoms. The first-order chi connectivity index (χ1) is 11.7. The van der Waals surface area contributed by atoms with Gasteiger partial charge in [0.2, 0.25) is 0 Å². The van der Waals surface area contributed by atoms with E-state index in [4.69, 9.17) is 19.3 Å². The molecule has 0 aromatic heterocycles. The molecule has 0 bridgehead atoms. The van der Waals surface area contributed by atoms with E-state index in [2.05, 4.69) is 9.92 Å². The van der Waals surface area contributed by atoms with Gasteiger partial charge in [0.25, 0.3) is 0 Å². The summed E-state index contributed by atoms with van der Waals surface area (Å²) in [6, 6.07) is 0. The number of rotatable bonds is 10. The Hall–Kier alpha value is -1.10. The second kappa shape index (κ2) is 10.1. The van der Waals surface area contributed by atoms with Gasteiger partial charge in [-0.2, -0.15) is 13.1 Å². The fourth-order valence-corrected chi connectivity index (χ4v) is 2.52. The number of aliphatic hydroxyl groups is 4. The molecule has 0 spiro atoms. The van der Waals surface area contributed by atoms with Gasteiger partial charge in [0.1, 0.15) is 24.4 Å². The lowest BCUT2D eigenvalue weighted by Gasteiger charge is -2.39. The van der Waals surface area contributed by atoms with Crippen molar-refractivity contribution in [2.75, 3.05) is 33.0 Å². The maximum absolute atomic E-state index is 11.1. The van der Waals surface area contributed by atoms with Gasteiger partial charge in [0, 0.05) is 6.54 Å². The number of nitrogens with two attached hydrogens (primary N) is 1. The van der Waals surface area contributed by atoms with E-state index in [1.54, 1.807) is 0 Å². The van der Waals surface area contributed by atoms with E-state index < -0.39 is 53.7 Å². The molecule has 1 heterocycles. The van der Waals surface area contributed by atoms with E-state index >= 15 is 0 Å². The van der Waals surface area contributed by atoms with Gasteiger partial charge in [-0.05, 0) is 0 Å². The Morgan fingerprint density at radius 2 is 1.80 bits per heavy atom. The molecule has 0 aromatic carbocycles. The molecule has 0 radical (unpaired) electrons. The van der Waals surface area contributed by atoms with Crippen molar-refractivity contribution in [3.05, 3.63) is 0 Å². The minimum absolute atomic E-state index is 0.0204. The Kier molecular flexibility index (Phi) is 8.91. The first-order valence-electron chi connectivity index (χ1n) is 7.16. The van der Waals surface area contributed by atoms with Crippen molar-refractivity contribution in [3.8, 4) is 0 Å². The standard InChI is InChI=1S/C11H22N2O11S/c12-11(18)24-25(19,20)13-1-2-21-3-4-22-10-9(17)8(16)7(15)6(5-14)23-10/h6-10,13-17H,1-5H2,(H2,12,18)/t6-,7-,8+,9-,10-/m1/s1. The molecule has 1 rings (SSSR count). The van der Waals surface area contributed by atoms with Crippen LogP contribution in [-0.2, 0) is 28.7 Å². The number of hydrogen-bond acceptors (Lipinski definition) is 11. The van der Waals surface area contributed by atoms with Crippen molar-refractivity contribution >= 4 is 16.4 Å². The van der Waals surface area contributed by atoms with E-state index in [1.165, 1.54) is 0 Å². The first kappa shape index (κ1) is 21.9. The molecule has 0 aliphatic carbocycles. The largest absolute Gasteiger partial charge is 0.421 e. The van der Waals surface area contributed by atoms with Crippen LogP contribution in [-0.4, -0.2) is 98.6 Å². The van der Waals surface area contributed by atoms with Crippen LogP contribution in [0.25, 0.3) is 0 Å². The third kappa shape index (κ3) is 7.35. The van der Waals surface area contributed by atoms with Crippen LogP contribution in [0.1, 0.15) is 0 Å². The number of aliphatic hydroxyl groups excluding tert-OH is 4. The predicted molar refractivity (Wildman–Crippen MR) is 78.1 cm³/mol. The van der Waals surface area contributed by atoms with Crippen LogP contribution in [0, 0.1) is 0 Å². The lowest BCUT2D eigenvalue weighted by molar-refractivity contribution is -0.302. The van der Waals surface area contributed by atoms with E-state index in [1.807, 2.05) is 4.72 Å². The van der Waals surface area contributed by atoms with E-state index in [0.29, 0.717) is 0 Å². The quantitative estimate of drug-likeness (QED) is 0.197. The number of hydrogen-bond donors (Lipinski definition) is 6. The molecule has 25 heavy (non-hydrogen) atoms. The summed E-state index contributed by atoms with van der Waals surface area (Å²) in [5, 5.41) is 37.9. The van der Waals surface area contributed by atoms with E-state index in [9.17, 15) is 28.5 Å². The third-order valence-corrected chi connectivity index (χ3v) is 4.02. The zero-order chi connectivity index (χ0) is 19.0. The summed E-state index contributed by atoms with van der Waals surface area (Å²) in [7, 11) is -4.28. The van der Waals surface area contributed by atoms with Gasteiger partial charge < -0.3 is 44.6 Å². The monoisotopic (exact) mass is 390 g/mol. The highest BCUT2D eigenvalue weighted by Crippen LogP contribution is 2.21. The van der Waals surface area contributed by atoms with Crippen molar-refractivity contribution in [3.63, 3.8) is 0 Å². The van der Waals surface area contributed by atoms with Gasteiger partial charge in [0.15, 0.2) is 6.29 Å². The van der Waals surface area contributed by atoms with Crippen LogP contribution in [0.15, 0.2) is 0 Å². The van der Waals surface area contributed by atoms with Crippen LogP contribution >= 0.6 is 0 Å². The summed E-state index contributed by atoms with van der Waals surface area (Å²) in [4.78, 5) is 10.3. The Bertz CT molecular complexity index is 514. The number of primary amides is 1. The van der Waals surface area contributed by atoms with Gasteiger partial charge in [-0.15, -0.1) is 0 Å². The Morgan fingerprint density at radius 1 is 1.12 bits per heavy atom. The second-order valence-electron chi connectivity index (χ2n) is 4.93. The third-order valence-electron chi connectivity index (χ3n) is 3.08. The van der Waals surface area contributed by atoms with Crippen molar-refractivity contribution in [1.82, 2.24) is 4.72 Å². The average molecular weight is 390 g/mol. The molecule has 1 saturated heterocycles. The smallest absolute Gasteiger partial charge is 0.394 e. The molecule has 148 valence electrons. The summed E-state index contributed by atoms with van der Waals surface area (Å²) in [5.74, 6) is 0. The molecule has 1 aliphatic rings. The van der Waals surface area contributed by atoms with Crippen LogP contribution in [0.3, 0.4) is 0 Å². The summed E-state index contributed by atoms with van der Waals surface area (Å²) >= 11 is 0. The normalized spacial score (nSPS) is 30.2. The molecule has 1 aliphatic heterocycles. The van der Waals surface area contributed by atoms with Gasteiger partial charge >= 0.3 is 16.4 Å². The average Bonchev–Trinajstić information content (AvgIpc) is 2.52. The number of amides is 1. The molecule has 1 amide bonds. The van der Waals surface area contributed by atoms with Crippen molar-refractivity contribution in [1.29, 1.82) is 0 Å². The van der Waals surface area contributed by atoms with Crippen molar-refractivity contribution in [2.24, 2.45) is 5.73 Å². The van der Waals surface area contributed by atoms with Crippen molar-refractivity contribution in [2.45, 2.75) is 30.7 Å². The van der Waals surface area contributed by atoms with Crippen LogP contribution < -0.4 is 10.5 Å². The second-order valence-corrected chi connectivity index (χ2v) is 6.29. The number of ether oxygens (including phenoxy) is 3. The summed E-state index contributed by atoms with van der Waals surface area (Å²) in [5.41, 5.74) is 4.56. The fraction of sp³-hybridized carbons (Fsp3) is 0.909. The number of carbonyl (C=O) groups is 1. The van der Waals surface area contributed by atoms with Gasteiger partial charge in [-0.1, -0.05) is 0 Å². The molecule has 1 fully saturated rings. The Balaban J connectivity index is 2.20. The first-order valence-corrected chi connectivity index (χ1v) is 8.57. The van der Waals surface area contributed by atoms with E-state index in [-0.39, 0.29) is 26.4 Å². The van der Waals surface area contributed by atoms with E-state index in [0.717, 1.165) is 0 Å². The highest BCUT2D eigenvalue weighted by Gasteiger charge is 2.43. The number of nitrogens with one attached hydrogen (secondary N) is 1. The van der Waals surface area contributed by atoms with Gasteiger partial charge in [-0.25, -0.2) is 4.79 Å². The molecular formula is C11H22N2O11S. The zero-order valence-electron chi connectivity index (χ0n) is 13.1.